The average molecular weight is 218 g/mol. The molecular weight excluding hydrogens is 192 g/mol. The van der Waals surface area contributed by atoms with Gasteiger partial charge in [0.15, 0.2) is 0 Å². The summed E-state index contributed by atoms with van der Waals surface area (Å²) in [7, 11) is 0. The van der Waals surface area contributed by atoms with Crippen molar-refractivity contribution in [1.29, 1.82) is 0 Å². The van der Waals surface area contributed by atoms with E-state index in [0.717, 1.165) is 5.92 Å². The van der Waals surface area contributed by atoms with Crippen molar-refractivity contribution in [3.05, 3.63) is 34.9 Å². The van der Waals surface area contributed by atoms with Crippen molar-refractivity contribution in [3.8, 4) is 0 Å². The first kappa shape index (κ1) is 13.3. The van der Waals surface area contributed by atoms with Crippen molar-refractivity contribution in [2.75, 3.05) is 0 Å². The molecule has 90 valence electrons. The molecule has 2 rings (SSSR count). The van der Waals surface area contributed by atoms with Gasteiger partial charge in [0.2, 0.25) is 0 Å². The van der Waals surface area contributed by atoms with Crippen LogP contribution in [0, 0.1) is 0 Å². The summed E-state index contributed by atoms with van der Waals surface area (Å²) in [5, 5.41) is 0. The van der Waals surface area contributed by atoms with Gasteiger partial charge < -0.3 is 0 Å². The second kappa shape index (κ2) is 6.73. The molecule has 1 unspecified atom stereocenters. The van der Waals surface area contributed by atoms with Gasteiger partial charge in [-0.2, -0.15) is 0 Å². The van der Waals surface area contributed by atoms with Crippen molar-refractivity contribution >= 4 is 0 Å². The highest BCUT2D eigenvalue weighted by atomic mass is 14.2. The molecule has 0 bridgehead atoms. The molecule has 0 aromatic heterocycles. The molecule has 0 saturated carbocycles. The third-order valence-electron chi connectivity index (χ3n) is 3.58. The van der Waals surface area contributed by atoms with Crippen molar-refractivity contribution < 1.29 is 0 Å². The van der Waals surface area contributed by atoms with E-state index in [9.17, 15) is 0 Å². The van der Waals surface area contributed by atoms with E-state index in [1.54, 1.807) is 16.7 Å². The largest absolute Gasteiger partial charge is 0.0683 e. The van der Waals surface area contributed by atoms with E-state index in [4.69, 9.17) is 0 Å². The second-order valence-corrected chi connectivity index (χ2v) is 4.50. The maximum absolute atomic E-state index is 2.35. The lowest BCUT2D eigenvalue weighted by Crippen LogP contribution is -2.07. The monoisotopic (exact) mass is 218 g/mol. The molecule has 0 saturated heterocycles. The molecule has 0 amide bonds. The molecule has 0 radical (unpaired) electrons. The van der Waals surface area contributed by atoms with Crippen molar-refractivity contribution in [1.82, 2.24) is 0 Å². The molecule has 0 nitrogen and oxygen atoms in total. The summed E-state index contributed by atoms with van der Waals surface area (Å²) >= 11 is 0. The van der Waals surface area contributed by atoms with Crippen LogP contribution in [0.5, 0.6) is 0 Å². The SMILES string of the molecule is CC.CCC(C)c1cccc2c1CCCC2. The lowest BCUT2D eigenvalue weighted by atomic mass is 9.83. The highest BCUT2D eigenvalue weighted by molar-refractivity contribution is 5.38. The summed E-state index contributed by atoms with van der Waals surface area (Å²) in [4.78, 5) is 0. The Bertz CT molecular complexity index is 312. The minimum atomic E-state index is 0.739. The Morgan fingerprint density at radius 3 is 2.50 bits per heavy atom. The third-order valence-corrected chi connectivity index (χ3v) is 3.58. The zero-order chi connectivity index (χ0) is 12.0. The van der Waals surface area contributed by atoms with Gasteiger partial charge in [-0.25, -0.2) is 0 Å². The number of fused-ring (bicyclic) bond motifs is 1. The zero-order valence-corrected chi connectivity index (χ0v) is 11.3. The summed E-state index contributed by atoms with van der Waals surface area (Å²) in [5.41, 5.74) is 4.91. The first-order chi connectivity index (χ1) is 7.83. The van der Waals surface area contributed by atoms with Crippen LogP contribution >= 0.6 is 0 Å². The van der Waals surface area contributed by atoms with Crippen LogP contribution in [0.15, 0.2) is 18.2 Å². The van der Waals surface area contributed by atoms with E-state index in [0.29, 0.717) is 0 Å². The van der Waals surface area contributed by atoms with E-state index in [1.807, 2.05) is 13.8 Å². The summed E-state index contributed by atoms with van der Waals surface area (Å²) in [6, 6.07) is 6.89. The van der Waals surface area contributed by atoms with Gasteiger partial charge in [-0.1, -0.05) is 45.9 Å². The Kier molecular flexibility index (Phi) is 5.59. The lowest BCUT2D eigenvalue weighted by molar-refractivity contribution is 0.655. The Balaban J connectivity index is 0.000000606. The topological polar surface area (TPSA) is 0 Å². The molecule has 1 aliphatic carbocycles. The summed E-state index contributed by atoms with van der Waals surface area (Å²) in [5.74, 6) is 0.739. The molecule has 1 atom stereocenters. The van der Waals surface area contributed by atoms with Crippen LogP contribution in [-0.2, 0) is 12.8 Å². The minimum absolute atomic E-state index is 0.739. The van der Waals surface area contributed by atoms with E-state index in [2.05, 4.69) is 32.0 Å². The third kappa shape index (κ3) is 2.87. The fourth-order valence-electron chi connectivity index (χ4n) is 2.49. The van der Waals surface area contributed by atoms with Crippen molar-refractivity contribution in [2.45, 2.75) is 65.7 Å². The molecule has 0 spiro atoms. The number of benzene rings is 1. The zero-order valence-electron chi connectivity index (χ0n) is 11.3. The van der Waals surface area contributed by atoms with Crippen LogP contribution in [0.4, 0.5) is 0 Å². The molecule has 1 aromatic rings. The van der Waals surface area contributed by atoms with Crippen LogP contribution in [0.2, 0.25) is 0 Å². The van der Waals surface area contributed by atoms with Crippen LogP contribution in [0.3, 0.4) is 0 Å². The van der Waals surface area contributed by atoms with Gasteiger partial charge in [0.25, 0.3) is 0 Å². The molecular formula is C16H26. The summed E-state index contributed by atoms with van der Waals surface area (Å²) < 4.78 is 0. The molecule has 1 aromatic carbocycles. The van der Waals surface area contributed by atoms with E-state index in [1.165, 1.54) is 32.1 Å². The number of hydrogen-bond donors (Lipinski definition) is 0. The minimum Gasteiger partial charge on any atom is -0.0683 e. The molecule has 16 heavy (non-hydrogen) atoms. The van der Waals surface area contributed by atoms with E-state index in [-0.39, 0.29) is 0 Å². The molecule has 0 heteroatoms. The van der Waals surface area contributed by atoms with Gasteiger partial charge >= 0.3 is 0 Å². The van der Waals surface area contributed by atoms with Gasteiger partial charge in [0, 0.05) is 0 Å². The van der Waals surface area contributed by atoms with Crippen LogP contribution < -0.4 is 0 Å². The fraction of sp³-hybridized carbons (Fsp3) is 0.625. The number of aryl methyl sites for hydroxylation is 1. The first-order valence-electron chi connectivity index (χ1n) is 6.93. The highest BCUT2D eigenvalue weighted by Gasteiger charge is 2.15. The average Bonchev–Trinajstić information content (AvgIpc) is 2.39. The Morgan fingerprint density at radius 1 is 1.12 bits per heavy atom. The lowest BCUT2D eigenvalue weighted by Gasteiger charge is -2.22. The van der Waals surface area contributed by atoms with Gasteiger partial charge in [-0.3, -0.25) is 0 Å². The normalized spacial score (nSPS) is 15.8. The number of hydrogen-bond acceptors (Lipinski definition) is 0. The smallest absolute Gasteiger partial charge is 0.0190 e. The van der Waals surface area contributed by atoms with Gasteiger partial charge in [-0.05, 0) is 54.7 Å². The second-order valence-electron chi connectivity index (χ2n) is 4.50. The number of rotatable bonds is 2. The predicted molar refractivity (Wildman–Crippen MR) is 73.1 cm³/mol. The Labute approximate surface area is 101 Å². The maximum atomic E-state index is 2.35. The van der Waals surface area contributed by atoms with Crippen molar-refractivity contribution in [3.63, 3.8) is 0 Å². The molecule has 0 heterocycles. The van der Waals surface area contributed by atoms with E-state index < -0.39 is 0 Å². The fourth-order valence-corrected chi connectivity index (χ4v) is 2.49. The molecule has 0 fully saturated rings. The van der Waals surface area contributed by atoms with Crippen LogP contribution in [0.1, 0.15) is 69.6 Å². The molecule has 1 aliphatic rings. The Hall–Kier alpha value is -0.780. The van der Waals surface area contributed by atoms with Crippen molar-refractivity contribution in [2.24, 2.45) is 0 Å². The Morgan fingerprint density at radius 2 is 1.81 bits per heavy atom. The molecule has 0 N–H and O–H groups in total. The standard InChI is InChI=1S/C14H20.C2H6/c1-3-11(2)13-10-6-8-12-7-4-5-9-14(12)13;1-2/h6,8,10-11H,3-5,7,9H2,1-2H3;1-2H3. The summed E-state index contributed by atoms with van der Waals surface area (Å²) in [6.07, 6.45) is 6.66. The van der Waals surface area contributed by atoms with Gasteiger partial charge in [-0.15, -0.1) is 0 Å². The van der Waals surface area contributed by atoms with Crippen LogP contribution in [-0.4, -0.2) is 0 Å². The maximum Gasteiger partial charge on any atom is -0.0190 e. The predicted octanol–water partition coefficient (Wildman–Crippen LogP) is 5.11. The van der Waals surface area contributed by atoms with Gasteiger partial charge in [0.05, 0.1) is 0 Å². The highest BCUT2D eigenvalue weighted by Crippen LogP contribution is 2.30. The van der Waals surface area contributed by atoms with E-state index >= 15 is 0 Å². The van der Waals surface area contributed by atoms with Gasteiger partial charge in [0.1, 0.15) is 0 Å². The quantitative estimate of drug-likeness (QED) is 0.647. The molecule has 0 aliphatic heterocycles. The first-order valence-corrected chi connectivity index (χ1v) is 6.93. The summed E-state index contributed by atoms with van der Waals surface area (Å²) in [6.45, 7) is 8.64. The van der Waals surface area contributed by atoms with Crippen LogP contribution in [0.25, 0.3) is 0 Å².